The first-order chi connectivity index (χ1) is 7.77. The molecule has 0 saturated carbocycles. The number of aryl methyl sites for hydroxylation is 2. The monoisotopic (exact) mass is 218 g/mol. The van der Waals surface area contributed by atoms with Gasteiger partial charge in [-0.2, -0.15) is 0 Å². The maximum absolute atomic E-state index is 11.8. The quantitative estimate of drug-likeness (QED) is 0.776. The molecule has 1 aliphatic heterocycles. The predicted molar refractivity (Wildman–Crippen MR) is 63.4 cm³/mol. The van der Waals surface area contributed by atoms with Crippen molar-refractivity contribution >= 4 is 5.78 Å². The Kier molecular flexibility index (Phi) is 3.73. The molecule has 0 amide bonds. The highest BCUT2D eigenvalue weighted by Crippen LogP contribution is 2.17. The summed E-state index contributed by atoms with van der Waals surface area (Å²) in [5.74, 6) is 0.518. The third-order valence-corrected chi connectivity index (χ3v) is 3.29. The average molecular weight is 218 g/mol. The molecule has 0 radical (unpaired) electrons. The van der Waals surface area contributed by atoms with Gasteiger partial charge in [0.05, 0.1) is 6.61 Å². The molecule has 16 heavy (non-hydrogen) atoms. The van der Waals surface area contributed by atoms with Crippen LogP contribution in [0.5, 0.6) is 0 Å². The maximum Gasteiger partial charge on any atom is 0.138 e. The van der Waals surface area contributed by atoms with Crippen molar-refractivity contribution in [2.24, 2.45) is 5.92 Å². The van der Waals surface area contributed by atoms with Gasteiger partial charge in [0, 0.05) is 18.9 Å². The van der Waals surface area contributed by atoms with Gasteiger partial charge < -0.3 is 4.74 Å². The van der Waals surface area contributed by atoms with E-state index in [-0.39, 0.29) is 5.92 Å². The minimum Gasteiger partial charge on any atom is -0.381 e. The lowest BCUT2D eigenvalue weighted by molar-refractivity contribution is -0.122. The topological polar surface area (TPSA) is 26.3 Å². The molecular formula is C14H18O2. The fourth-order valence-corrected chi connectivity index (χ4v) is 2.14. The SMILES string of the molecule is Cc1ccccc1CCC(=O)C1CCOC1. The number of carbonyl (C=O) groups is 1. The van der Waals surface area contributed by atoms with Crippen LogP contribution in [0, 0.1) is 12.8 Å². The Bertz CT molecular complexity index is 365. The Balaban J connectivity index is 1.87. The number of hydrogen-bond acceptors (Lipinski definition) is 2. The lowest BCUT2D eigenvalue weighted by Gasteiger charge is -2.08. The Morgan fingerprint density at radius 2 is 2.25 bits per heavy atom. The molecule has 1 atom stereocenters. The zero-order chi connectivity index (χ0) is 11.4. The first-order valence-electron chi connectivity index (χ1n) is 5.92. The molecule has 2 rings (SSSR count). The van der Waals surface area contributed by atoms with E-state index in [1.54, 1.807) is 0 Å². The van der Waals surface area contributed by atoms with Crippen molar-refractivity contribution in [3.05, 3.63) is 35.4 Å². The van der Waals surface area contributed by atoms with E-state index in [9.17, 15) is 4.79 Å². The van der Waals surface area contributed by atoms with Crippen LogP contribution in [0.1, 0.15) is 24.0 Å². The van der Waals surface area contributed by atoms with E-state index in [0.29, 0.717) is 18.8 Å². The molecule has 1 saturated heterocycles. The Morgan fingerprint density at radius 3 is 2.94 bits per heavy atom. The summed E-state index contributed by atoms with van der Waals surface area (Å²) in [5, 5.41) is 0. The summed E-state index contributed by atoms with van der Waals surface area (Å²) >= 11 is 0. The molecule has 86 valence electrons. The van der Waals surface area contributed by atoms with Gasteiger partial charge in [-0.05, 0) is 30.9 Å². The van der Waals surface area contributed by atoms with Crippen LogP contribution in [0.15, 0.2) is 24.3 Å². The van der Waals surface area contributed by atoms with Gasteiger partial charge in [-0.25, -0.2) is 0 Å². The van der Waals surface area contributed by atoms with Crippen molar-refractivity contribution < 1.29 is 9.53 Å². The first-order valence-corrected chi connectivity index (χ1v) is 5.92. The van der Waals surface area contributed by atoms with Gasteiger partial charge >= 0.3 is 0 Å². The molecule has 1 unspecified atom stereocenters. The molecule has 1 aromatic rings. The molecular weight excluding hydrogens is 200 g/mol. The molecule has 1 aliphatic rings. The van der Waals surface area contributed by atoms with Crippen LogP contribution < -0.4 is 0 Å². The van der Waals surface area contributed by atoms with Crippen molar-refractivity contribution in [2.45, 2.75) is 26.2 Å². The Labute approximate surface area is 96.6 Å². The zero-order valence-corrected chi connectivity index (χ0v) is 9.74. The van der Waals surface area contributed by atoms with E-state index in [2.05, 4.69) is 19.1 Å². The van der Waals surface area contributed by atoms with E-state index in [1.165, 1.54) is 11.1 Å². The van der Waals surface area contributed by atoms with Crippen LogP contribution in [-0.4, -0.2) is 19.0 Å². The average Bonchev–Trinajstić information content (AvgIpc) is 2.81. The predicted octanol–water partition coefficient (Wildman–Crippen LogP) is 2.53. The Hall–Kier alpha value is -1.15. The largest absolute Gasteiger partial charge is 0.381 e. The van der Waals surface area contributed by atoms with Gasteiger partial charge in [0.25, 0.3) is 0 Å². The minimum absolute atomic E-state index is 0.156. The fourth-order valence-electron chi connectivity index (χ4n) is 2.14. The zero-order valence-electron chi connectivity index (χ0n) is 9.74. The van der Waals surface area contributed by atoms with Crippen molar-refractivity contribution in [1.29, 1.82) is 0 Å². The first kappa shape index (κ1) is 11.3. The standard InChI is InChI=1S/C14H18O2/c1-11-4-2-3-5-12(11)6-7-14(15)13-8-9-16-10-13/h2-5,13H,6-10H2,1H3. The van der Waals surface area contributed by atoms with Crippen molar-refractivity contribution in [3.63, 3.8) is 0 Å². The smallest absolute Gasteiger partial charge is 0.138 e. The van der Waals surface area contributed by atoms with Crippen LogP contribution in [0.3, 0.4) is 0 Å². The number of ketones is 1. The van der Waals surface area contributed by atoms with Gasteiger partial charge in [-0.15, -0.1) is 0 Å². The summed E-state index contributed by atoms with van der Waals surface area (Å²) in [4.78, 5) is 11.8. The minimum atomic E-state index is 0.156. The fraction of sp³-hybridized carbons (Fsp3) is 0.500. The number of ether oxygens (including phenoxy) is 1. The van der Waals surface area contributed by atoms with Crippen molar-refractivity contribution in [1.82, 2.24) is 0 Å². The van der Waals surface area contributed by atoms with Crippen LogP contribution in [0.2, 0.25) is 0 Å². The highest BCUT2D eigenvalue weighted by Gasteiger charge is 2.22. The van der Waals surface area contributed by atoms with Crippen LogP contribution in [-0.2, 0) is 16.0 Å². The van der Waals surface area contributed by atoms with Crippen LogP contribution in [0.25, 0.3) is 0 Å². The van der Waals surface area contributed by atoms with Gasteiger partial charge in [-0.3, -0.25) is 4.79 Å². The van der Waals surface area contributed by atoms with E-state index in [0.717, 1.165) is 19.4 Å². The second-order valence-electron chi connectivity index (χ2n) is 4.45. The van der Waals surface area contributed by atoms with E-state index in [1.807, 2.05) is 12.1 Å². The van der Waals surface area contributed by atoms with Gasteiger partial charge in [0.1, 0.15) is 5.78 Å². The number of hydrogen-bond donors (Lipinski definition) is 0. The third kappa shape index (κ3) is 2.70. The molecule has 0 bridgehead atoms. The summed E-state index contributed by atoms with van der Waals surface area (Å²) in [6, 6.07) is 8.27. The summed E-state index contributed by atoms with van der Waals surface area (Å²) in [6.45, 7) is 3.48. The van der Waals surface area contributed by atoms with Crippen LogP contribution >= 0.6 is 0 Å². The van der Waals surface area contributed by atoms with Crippen LogP contribution in [0.4, 0.5) is 0 Å². The van der Waals surface area contributed by atoms with Gasteiger partial charge in [0.2, 0.25) is 0 Å². The summed E-state index contributed by atoms with van der Waals surface area (Å²) in [7, 11) is 0. The highest BCUT2D eigenvalue weighted by atomic mass is 16.5. The molecule has 0 aliphatic carbocycles. The molecule has 1 fully saturated rings. The summed E-state index contributed by atoms with van der Waals surface area (Å²) in [6.07, 6.45) is 2.42. The van der Waals surface area contributed by atoms with E-state index in [4.69, 9.17) is 4.74 Å². The lowest BCUT2D eigenvalue weighted by atomic mass is 9.96. The van der Waals surface area contributed by atoms with Crippen molar-refractivity contribution in [3.8, 4) is 0 Å². The number of benzene rings is 1. The highest BCUT2D eigenvalue weighted by molar-refractivity contribution is 5.81. The maximum atomic E-state index is 11.8. The number of Topliss-reactive ketones (excluding diaryl/α,β-unsaturated/α-hetero) is 1. The van der Waals surface area contributed by atoms with Crippen molar-refractivity contribution in [2.75, 3.05) is 13.2 Å². The molecule has 1 heterocycles. The number of carbonyl (C=O) groups excluding carboxylic acids is 1. The summed E-state index contributed by atoms with van der Waals surface area (Å²) in [5.41, 5.74) is 2.56. The van der Waals surface area contributed by atoms with E-state index < -0.39 is 0 Å². The Morgan fingerprint density at radius 1 is 1.44 bits per heavy atom. The van der Waals surface area contributed by atoms with Gasteiger partial charge in [0.15, 0.2) is 0 Å². The van der Waals surface area contributed by atoms with Gasteiger partial charge in [-0.1, -0.05) is 24.3 Å². The summed E-state index contributed by atoms with van der Waals surface area (Å²) < 4.78 is 5.23. The molecule has 1 aromatic carbocycles. The second-order valence-corrected chi connectivity index (χ2v) is 4.45. The normalized spacial score (nSPS) is 19.9. The molecule has 0 spiro atoms. The molecule has 0 N–H and O–H groups in total. The third-order valence-electron chi connectivity index (χ3n) is 3.29. The molecule has 2 nitrogen and oxygen atoms in total. The molecule has 2 heteroatoms. The lowest BCUT2D eigenvalue weighted by Crippen LogP contribution is -2.15. The molecule has 0 aromatic heterocycles. The van der Waals surface area contributed by atoms with E-state index >= 15 is 0 Å². The number of rotatable bonds is 4. The second kappa shape index (κ2) is 5.26.